The third kappa shape index (κ3) is 1.73. The molecule has 1 aliphatic heterocycles. The summed E-state index contributed by atoms with van der Waals surface area (Å²) in [6.45, 7) is 0.792. The lowest BCUT2D eigenvalue weighted by atomic mass is 9.97. The van der Waals surface area contributed by atoms with Gasteiger partial charge < -0.3 is 5.32 Å². The minimum Gasteiger partial charge on any atom is -0.380 e. The lowest BCUT2D eigenvalue weighted by Gasteiger charge is -2.18. The summed E-state index contributed by atoms with van der Waals surface area (Å²) < 4.78 is 1.82. The van der Waals surface area contributed by atoms with Gasteiger partial charge in [-0.1, -0.05) is 47.7 Å². The van der Waals surface area contributed by atoms with Crippen molar-refractivity contribution >= 4 is 28.6 Å². The van der Waals surface area contributed by atoms with Crippen LogP contribution in [0.1, 0.15) is 5.56 Å². The fourth-order valence-corrected chi connectivity index (χ4v) is 3.20. The molecular weight excluding hydrogens is 363 g/mol. The number of rotatable bonds is 0. The molecule has 0 saturated carbocycles. The van der Waals surface area contributed by atoms with Crippen molar-refractivity contribution in [3.63, 3.8) is 0 Å². The van der Waals surface area contributed by atoms with E-state index in [9.17, 15) is 0 Å². The zero-order chi connectivity index (χ0) is 13.5. The summed E-state index contributed by atoms with van der Waals surface area (Å²) in [6, 6.07) is 16.6. The van der Waals surface area contributed by atoms with Crippen LogP contribution < -0.4 is 5.32 Å². The van der Waals surface area contributed by atoms with Crippen LogP contribution in [-0.4, -0.2) is 13.2 Å². The molecule has 3 aromatic rings. The highest BCUT2D eigenvalue weighted by Gasteiger charge is 2.22. The molecule has 1 N–H and O–H groups in total. The first kappa shape index (κ1) is 11.9. The van der Waals surface area contributed by atoms with Gasteiger partial charge in [0.15, 0.2) is 0 Å². The molecule has 5 heteroatoms. The predicted octanol–water partition coefficient (Wildman–Crippen LogP) is 3.74. The lowest BCUT2D eigenvalue weighted by molar-refractivity contribution is 0.923. The van der Waals surface area contributed by atoms with Crippen molar-refractivity contribution in [2.75, 3.05) is 5.32 Å². The number of nitrogens with zero attached hydrogens (tertiary/aromatic N) is 3. The van der Waals surface area contributed by atoms with Crippen LogP contribution >= 0.6 is 22.9 Å². The van der Waals surface area contributed by atoms with Crippen molar-refractivity contribution in [1.29, 1.82) is 0 Å². The van der Waals surface area contributed by atoms with E-state index in [-0.39, 0.29) is 0 Å². The summed E-state index contributed by atoms with van der Waals surface area (Å²) in [7, 11) is 0. The maximum atomic E-state index is 4.38. The monoisotopic (exact) mass is 374 g/mol. The summed E-state index contributed by atoms with van der Waals surface area (Å²) >= 11 is 2.18. The molecule has 2 heterocycles. The average molecular weight is 374 g/mol. The summed E-state index contributed by atoms with van der Waals surface area (Å²) in [5.74, 6) is 0. The van der Waals surface area contributed by atoms with Crippen LogP contribution in [0.15, 0.2) is 48.5 Å². The molecule has 0 aliphatic carbocycles. The van der Waals surface area contributed by atoms with Crippen molar-refractivity contribution < 1.29 is 0 Å². The van der Waals surface area contributed by atoms with Gasteiger partial charge in [0.2, 0.25) is 0 Å². The van der Waals surface area contributed by atoms with E-state index in [0.29, 0.717) is 0 Å². The van der Waals surface area contributed by atoms with Crippen LogP contribution in [0.25, 0.3) is 22.5 Å². The Labute approximate surface area is 130 Å². The first-order chi connectivity index (χ1) is 9.84. The van der Waals surface area contributed by atoms with E-state index < -0.39 is 0 Å². The molecule has 1 aromatic heterocycles. The van der Waals surface area contributed by atoms with Crippen molar-refractivity contribution in [3.8, 4) is 22.5 Å². The molecule has 0 radical (unpaired) electrons. The van der Waals surface area contributed by atoms with Gasteiger partial charge >= 0.3 is 0 Å². The second-order valence-electron chi connectivity index (χ2n) is 4.70. The fourth-order valence-electron chi connectivity index (χ4n) is 2.61. The number of hydrogen-bond acceptors (Lipinski definition) is 3. The second-order valence-corrected chi connectivity index (χ2v) is 5.62. The predicted molar refractivity (Wildman–Crippen MR) is 87.6 cm³/mol. The van der Waals surface area contributed by atoms with Gasteiger partial charge in [0, 0.05) is 23.4 Å². The van der Waals surface area contributed by atoms with E-state index in [4.69, 9.17) is 0 Å². The summed E-state index contributed by atoms with van der Waals surface area (Å²) in [6.07, 6.45) is 0. The minimum absolute atomic E-state index is 0.792. The number of nitrogens with one attached hydrogen (secondary N) is 1. The second kappa shape index (κ2) is 4.59. The molecule has 0 saturated heterocycles. The lowest BCUT2D eigenvalue weighted by Crippen LogP contribution is -2.06. The van der Waals surface area contributed by atoms with Gasteiger partial charge in [-0.25, -0.2) is 0 Å². The van der Waals surface area contributed by atoms with Crippen molar-refractivity contribution in [1.82, 2.24) is 13.2 Å². The third-order valence-electron chi connectivity index (χ3n) is 3.56. The Hall–Kier alpha value is -1.89. The van der Waals surface area contributed by atoms with Crippen LogP contribution in [0.4, 0.5) is 5.69 Å². The molecule has 98 valence electrons. The zero-order valence-corrected chi connectivity index (χ0v) is 12.7. The summed E-state index contributed by atoms with van der Waals surface area (Å²) in [5, 5.41) is 12.1. The Morgan fingerprint density at radius 3 is 2.65 bits per heavy atom. The third-order valence-corrected chi connectivity index (χ3v) is 4.23. The number of halogens is 1. The molecule has 4 nitrogen and oxygen atoms in total. The molecule has 0 unspecified atom stereocenters. The van der Waals surface area contributed by atoms with Crippen LogP contribution in [0, 0.1) is 0 Å². The number of para-hydroxylation sites is 1. The Kier molecular flexibility index (Phi) is 2.73. The van der Waals surface area contributed by atoms with E-state index in [0.717, 1.165) is 34.7 Å². The molecule has 0 fully saturated rings. The molecule has 0 bridgehead atoms. The number of anilines is 1. The van der Waals surface area contributed by atoms with E-state index in [1.807, 2.05) is 21.1 Å². The number of aromatic nitrogens is 3. The van der Waals surface area contributed by atoms with E-state index in [1.54, 1.807) is 0 Å². The Morgan fingerprint density at radius 1 is 1.00 bits per heavy atom. The van der Waals surface area contributed by atoms with Gasteiger partial charge in [-0.3, -0.25) is 0 Å². The van der Waals surface area contributed by atoms with Gasteiger partial charge in [-0.05, 0) is 11.6 Å². The molecule has 0 atom stereocenters. The van der Waals surface area contributed by atoms with E-state index in [1.165, 1.54) is 5.56 Å². The molecule has 20 heavy (non-hydrogen) atoms. The zero-order valence-electron chi connectivity index (χ0n) is 10.5. The van der Waals surface area contributed by atoms with E-state index >= 15 is 0 Å². The van der Waals surface area contributed by atoms with Crippen LogP contribution in [0.2, 0.25) is 0 Å². The first-order valence-electron chi connectivity index (χ1n) is 6.38. The fraction of sp³-hybridized carbons (Fsp3) is 0.0667. The summed E-state index contributed by atoms with van der Waals surface area (Å²) in [5.41, 5.74) is 6.62. The van der Waals surface area contributed by atoms with Crippen molar-refractivity contribution in [3.05, 3.63) is 54.1 Å². The smallest absolute Gasteiger partial charge is 0.122 e. The van der Waals surface area contributed by atoms with Crippen LogP contribution in [-0.2, 0) is 6.54 Å². The van der Waals surface area contributed by atoms with Crippen LogP contribution in [0.5, 0.6) is 0 Å². The largest absolute Gasteiger partial charge is 0.380 e. The molecule has 4 rings (SSSR count). The maximum absolute atomic E-state index is 4.38. The van der Waals surface area contributed by atoms with Gasteiger partial charge in [-0.15, -0.1) is 5.10 Å². The quantitative estimate of drug-likeness (QED) is 0.610. The first-order valence-corrected chi connectivity index (χ1v) is 7.34. The van der Waals surface area contributed by atoms with Crippen molar-refractivity contribution in [2.45, 2.75) is 6.54 Å². The van der Waals surface area contributed by atoms with Gasteiger partial charge in [0.1, 0.15) is 11.4 Å². The molecular formula is C15H11IN4. The number of benzene rings is 2. The average Bonchev–Trinajstić information content (AvgIpc) is 2.85. The highest BCUT2D eigenvalue weighted by atomic mass is 127. The highest BCUT2D eigenvalue weighted by Crippen LogP contribution is 2.39. The van der Waals surface area contributed by atoms with E-state index in [2.05, 4.69) is 68.8 Å². The maximum Gasteiger partial charge on any atom is 0.122 e. The van der Waals surface area contributed by atoms with Crippen LogP contribution in [0.3, 0.4) is 0 Å². The normalized spacial score (nSPS) is 12.4. The SMILES string of the molecule is In1nnc2c1-c1ccccc1NCc1ccccc1-2. The molecule has 1 aliphatic rings. The van der Waals surface area contributed by atoms with Gasteiger partial charge in [0.25, 0.3) is 0 Å². The number of hydrogen-bond donors (Lipinski definition) is 1. The number of fused-ring (bicyclic) bond motifs is 5. The topological polar surface area (TPSA) is 42.7 Å². The van der Waals surface area contributed by atoms with Gasteiger partial charge in [0.05, 0.1) is 22.9 Å². The molecule has 0 amide bonds. The summed E-state index contributed by atoms with van der Waals surface area (Å²) in [4.78, 5) is 0. The Balaban J connectivity index is 2.08. The van der Waals surface area contributed by atoms with Crippen molar-refractivity contribution in [2.24, 2.45) is 0 Å². The Morgan fingerprint density at radius 2 is 1.75 bits per heavy atom. The standard InChI is InChI=1S/C15H11IN4/c16-20-15-12-7-3-4-8-13(12)17-9-10-5-1-2-6-11(10)14(15)18-19-20/h1-8,17H,9H2. The molecule has 2 aromatic carbocycles. The minimum atomic E-state index is 0.792. The Bertz CT molecular complexity index is 794. The highest BCUT2D eigenvalue weighted by molar-refractivity contribution is 14.1. The molecule has 0 spiro atoms. The van der Waals surface area contributed by atoms with Gasteiger partial charge in [-0.2, -0.15) is 2.90 Å².